The summed E-state index contributed by atoms with van der Waals surface area (Å²) >= 11 is 6.31. The first-order chi connectivity index (χ1) is 11.5. The van der Waals surface area contributed by atoms with Crippen LogP contribution in [0.25, 0.3) is 0 Å². The highest BCUT2D eigenvalue weighted by Gasteiger charge is 2.53. The normalized spacial score (nSPS) is 26.3. The summed E-state index contributed by atoms with van der Waals surface area (Å²) in [6.45, 7) is 0.790. The van der Waals surface area contributed by atoms with E-state index in [2.05, 4.69) is 37.2 Å². The van der Waals surface area contributed by atoms with Gasteiger partial charge in [0.25, 0.3) is 0 Å². The van der Waals surface area contributed by atoms with E-state index >= 15 is 0 Å². The Morgan fingerprint density at radius 1 is 0.960 bits per heavy atom. The third-order valence-corrected chi connectivity index (χ3v) is 5.63. The van der Waals surface area contributed by atoms with Crippen molar-refractivity contribution in [2.24, 2.45) is 0 Å². The zero-order valence-corrected chi connectivity index (χ0v) is 16.5. The molecule has 1 aliphatic rings. The van der Waals surface area contributed by atoms with Crippen LogP contribution >= 0.6 is 24.0 Å². The average molecular weight is 380 g/mol. The van der Waals surface area contributed by atoms with Crippen molar-refractivity contribution in [2.45, 2.75) is 36.7 Å². The summed E-state index contributed by atoms with van der Waals surface area (Å²) in [4.78, 5) is 2.18. The first-order valence-electron chi connectivity index (χ1n) is 8.67. The molecule has 0 heterocycles. The first-order valence-corrected chi connectivity index (χ1v) is 9.04. The zero-order valence-electron chi connectivity index (χ0n) is 14.9. The molecule has 2 atom stereocenters. The van der Waals surface area contributed by atoms with Crippen LogP contribution in [0.5, 0.6) is 0 Å². The lowest BCUT2D eigenvalue weighted by Crippen LogP contribution is -2.56. The number of benzene rings is 2. The lowest BCUT2D eigenvalue weighted by Gasteiger charge is -2.52. The van der Waals surface area contributed by atoms with E-state index in [1.165, 1.54) is 0 Å². The third kappa shape index (κ3) is 3.73. The summed E-state index contributed by atoms with van der Waals surface area (Å²) < 4.78 is 0. The molecule has 0 bridgehead atoms. The van der Waals surface area contributed by atoms with Crippen LogP contribution in [0, 0.1) is 0 Å². The van der Waals surface area contributed by atoms with Gasteiger partial charge in [0, 0.05) is 17.0 Å². The number of aliphatic hydroxyl groups is 1. The molecule has 1 fully saturated rings. The van der Waals surface area contributed by atoms with Gasteiger partial charge in [-0.2, -0.15) is 0 Å². The van der Waals surface area contributed by atoms with Crippen LogP contribution in [0.4, 0.5) is 0 Å². The van der Waals surface area contributed by atoms with Gasteiger partial charge in [-0.3, -0.25) is 0 Å². The monoisotopic (exact) mass is 379 g/mol. The average Bonchev–Trinajstić information content (AvgIpc) is 2.57. The Morgan fingerprint density at radius 3 is 2.24 bits per heavy atom. The molecule has 2 nitrogen and oxygen atoms in total. The first kappa shape index (κ1) is 20.3. The largest absolute Gasteiger partial charge is 0.384 e. The number of halogens is 2. The molecule has 25 heavy (non-hydrogen) atoms. The van der Waals surface area contributed by atoms with Crippen molar-refractivity contribution < 1.29 is 5.11 Å². The van der Waals surface area contributed by atoms with Gasteiger partial charge in [-0.15, -0.1) is 12.4 Å². The second-order valence-electron chi connectivity index (χ2n) is 7.26. The van der Waals surface area contributed by atoms with Crippen LogP contribution in [0.3, 0.4) is 0 Å². The minimum absolute atomic E-state index is 0. The Bertz CT molecular complexity index is 691. The molecule has 136 valence electrons. The highest BCUT2D eigenvalue weighted by molar-refractivity contribution is 6.30. The highest BCUT2D eigenvalue weighted by atomic mass is 35.5. The predicted molar refractivity (Wildman–Crippen MR) is 108 cm³/mol. The number of hydrogen-bond donors (Lipinski definition) is 1. The van der Waals surface area contributed by atoms with Gasteiger partial charge in [0.05, 0.1) is 0 Å². The minimum Gasteiger partial charge on any atom is -0.384 e. The molecule has 0 aromatic heterocycles. The van der Waals surface area contributed by atoms with Crippen molar-refractivity contribution in [3.63, 3.8) is 0 Å². The quantitative estimate of drug-likeness (QED) is 0.805. The van der Waals surface area contributed by atoms with Crippen molar-refractivity contribution in [3.05, 3.63) is 70.7 Å². The van der Waals surface area contributed by atoms with Gasteiger partial charge in [0.1, 0.15) is 5.60 Å². The molecular formula is C21H27Cl2NO. The van der Waals surface area contributed by atoms with E-state index in [1.54, 1.807) is 0 Å². The second-order valence-corrected chi connectivity index (χ2v) is 7.70. The lowest BCUT2D eigenvalue weighted by atomic mass is 9.57. The maximum absolute atomic E-state index is 12.0. The molecule has 2 aromatic carbocycles. The van der Waals surface area contributed by atoms with E-state index in [1.807, 2.05) is 36.4 Å². The maximum atomic E-state index is 12.0. The van der Waals surface area contributed by atoms with E-state index in [0.717, 1.165) is 48.4 Å². The lowest BCUT2D eigenvalue weighted by molar-refractivity contribution is -0.0859. The standard InChI is InChI=1S/C21H26ClNO.ClH/c1-23(2)16-20(18-11-8-12-19(22)15-18)13-6-7-14-21(20,24)17-9-4-3-5-10-17;/h3-5,8-12,15,24H,6-7,13-14,16H2,1-2H3;1H. The fourth-order valence-electron chi connectivity index (χ4n) is 4.40. The van der Waals surface area contributed by atoms with Crippen LogP contribution in [0.1, 0.15) is 36.8 Å². The highest BCUT2D eigenvalue weighted by Crippen LogP contribution is 2.52. The zero-order chi connectivity index (χ0) is 17.2. The molecule has 0 saturated heterocycles. The second kappa shape index (κ2) is 8.09. The van der Waals surface area contributed by atoms with Gasteiger partial charge in [-0.1, -0.05) is 66.9 Å². The molecule has 0 radical (unpaired) electrons. The summed E-state index contributed by atoms with van der Waals surface area (Å²) in [7, 11) is 4.15. The fraction of sp³-hybridized carbons (Fsp3) is 0.429. The molecule has 1 N–H and O–H groups in total. The van der Waals surface area contributed by atoms with Crippen LogP contribution in [0.2, 0.25) is 5.02 Å². The molecule has 3 rings (SSSR count). The van der Waals surface area contributed by atoms with Crippen molar-refractivity contribution in [3.8, 4) is 0 Å². The van der Waals surface area contributed by atoms with Gasteiger partial charge in [0.2, 0.25) is 0 Å². The number of rotatable bonds is 4. The van der Waals surface area contributed by atoms with E-state index in [4.69, 9.17) is 11.6 Å². The summed E-state index contributed by atoms with van der Waals surface area (Å²) in [5, 5.41) is 12.7. The molecule has 1 aliphatic carbocycles. The molecule has 2 aromatic rings. The Balaban J connectivity index is 0.00000225. The Kier molecular flexibility index (Phi) is 6.56. The van der Waals surface area contributed by atoms with E-state index < -0.39 is 5.60 Å². The molecule has 4 heteroatoms. The number of nitrogens with zero attached hydrogens (tertiary/aromatic N) is 1. The molecule has 1 saturated carbocycles. The van der Waals surface area contributed by atoms with Crippen LogP contribution in [0.15, 0.2) is 54.6 Å². The maximum Gasteiger partial charge on any atom is 0.100 e. The van der Waals surface area contributed by atoms with Crippen LogP contribution < -0.4 is 0 Å². The Labute approximate surface area is 162 Å². The molecule has 2 unspecified atom stereocenters. The van der Waals surface area contributed by atoms with E-state index in [-0.39, 0.29) is 17.8 Å². The topological polar surface area (TPSA) is 23.5 Å². The van der Waals surface area contributed by atoms with Crippen LogP contribution in [-0.2, 0) is 11.0 Å². The van der Waals surface area contributed by atoms with E-state index in [0.29, 0.717) is 0 Å². The predicted octanol–water partition coefficient (Wildman–Crippen LogP) is 5.02. The minimum atomic E-state index is -0.887. The van der Waals surface area contributed by atoms with Crippen molar-refractivity contribution in [2.75, 3.05) is 20.6 Å². The summed E-state index contributed by atoms with van der Waals surface area (Å²) in [5.74, 6) is 0. The fourth-order valence-corrected chi connectivity index (χ4v) is 4.59. The van der Waals surface area contributed by atoms with Crippen molar-refractivity contribution >= 4 is 24.0 Å². The number of hydrogen-bond acceptors (Lipinski definition) is 2. The third-order valence-electron chi connectivity index (χ3n) is 5.40. The summed E-state index contributed by atoms with van der Waals surface area (Å²) in [5.41, 5.74) is 0.893. The molecule has 0 amide bonds. The Hall–Kier alpha value is -1.06. The SMILES string of the molecule is CN(C)CC1(c2cccc(Cl)c2)CCCCC1(O)c1ccccc1.Cl. The number of likely N-dealkylation sites (N-methyl/N-ethyl adjacent to an activating group) is 1. The van der Waals surface area contributed by atoms with Gasteiger partial charge < -0.3 is 10.0 Å². The van der Waals surface area contributed by atoms with E-state index in [9.17, 15) is 5.11 Å². The molecule has 0 spiro atoms. The van der Waals surface area contributed by atoms with Gasteiger partial charge >= 0.3 is 0 Å². The van der Waals surface area contributed by atoms with Gasteiger partial charge in [-0.05, 0) is 50.2 Å². The summed E-state index contributed by atoms with van der Waals surface area (Å²) in [6, 6.07) is 18.2. The smallest absolute Gasteiger partial charge is 0.100 e. The van der Waals surface area contributed by atoms with Gasteiger partial charge in [0.15, 0.2) is 0 Å². The Morgan fingerprint density at radius 2 is 1.60 bits per heavy atom. The van der Waals surface area contributed by atoms with Gasteiger partial charge in [-0.25, -0.2) is 0 Å². The molecule has 0 aliphatic heterocycles. The summed E-state index contributed by atoms with van der Waals surface area (Å²) in [6.07, 6.45) is 3.89. The van der Waals surface area contributed by atoms with Crippen molar-refractivity contribution in [1.82, 2.24) is 4.90 Å². The van der Waals surface area contributed by atoms with Crippen molar-refractivity contribution in [1.29, 1.82) is 0 Å². The molecular weight excluding hydrogens is 353 g/mol. The van der Waals surface area contributed by atoms with Crippen LogP contribution in [-0.4, -0.2) is 30.6 Å².